The normalized spacial score (nSPS) is 30.2. The molecule has 19 heavy (non-hydrogen) atoms. The zero-order valence-electron chi connectivity index (χ0n) is 9.85. The summed E-state index contributed by atoms with van der Waals surface area (Å²) in [4.78, 5) is 14.9. The predicted octanol–water partition coefficient (Wildman–Crippen LogP) is -2.64. The van der Waals surface area contributed by atoms with E-state index in [0.29, 0.717) is 0 Å². The number of hydrogen-bond donors (Lipinski definition) is 4. The van der Waals surface area contributed by atoms with Crippen LogP contribution in [0.15, 0.2) is 6.20 Å². The van der Waals surface area contributed by atoms with E-state index < -0.39 is 30.4 Å². The number of nitrogens with two attached hydrogens (primary N) is 1. The Balaban J connectivity index is 2.56. The molecule has 0 bridgehead atoms. The van der Waals surface area contributed by atoms with Gasteiger partial charge in [0.15, 0.2) is 11.5 Å². The summed E-state index contributed by atoms with van der Waals surface area (Å²) in [5.74, 6) is 1.35. The molecule has 0 aromatic carbocycles. The number of aliphatic hydroxyl groups excluding tert-OH is 3. The maximum atomic E-state index is 11.1. The fraction of sp³-hybridized carbons (Fsp3) is 0.455. The lowest BCUT2D eigenvalue weighted by atomic mass is 10.1. The van der Waals surface area contributed by atoms with Gasteiger partial charge in [0.2, 0.25) is 0 Å². The van der Waals surface area contributed by atoms with E-state index in [-0.39, 0.29) is 18.1 Å². The fourth-order valence-corrected chi connectivity index (χ4v) is 2.02. The van der Waals surface area contributed by atoms with Gasteiger partial charge in [0.25, 0.3) is 5.91 Å². The average Bonchev–Trinajstić information content (AvgIpc) is 2.94. The van der Waals surface area contributed by atoms with Crippen molar-refractivity contribution in [2.24, 2.45) is 5.73 Å². The van der Waals surface area contributed by atoms with Crippen LogP contribution < -0.4 is 5.73 Å². The third kappa shape index (κ3) is 1.89. The molecule has 1 aliphatic heterocycles. The van der Waals surface area contributed by atoms with Crippen LogP contribution in [0.4, 0.5) is 0 Å². The molecule has 1 aliphatic rings. The Morgan fingerprint density at radius 2 is 2.42 bits per heavy atom. The lowest BCUT2D eigenvalue weighted by Gasteiger charge is -2.31. The van der Waals surface area contributed by atoms with Gasteiger partial charge in [-0.3, -0.25) is 9.36 Å². The van der Waals surface area contributed by atoms with Crippen molar-refractivity contribution in [2.75, 3.05) is 13.2 Å². The Hall–Kier alpha value is -1.92. The van der Waals surface area contributed by atoms with Crippen LogP contribution in [0.25, 0.3) is 0 Å². The van der Waals surface area contributed by atoms with Crippen molar-refractivity contribution < 1.29 is 24.9 Å². The molecule has 0 saturated carbocycles. The van der Waals surface area contributed by atoms with E-state index in [4.69, 9.17) is 16.9 Å². The quantitative estimate of drug-likeness (QED) is 0.443. The first kappa shape index (κ1) is 13.5. The van der Waals surface area contributed by atoms with Gasteiger partial charge in [0.1, 0.15) is 17.9 Å². The van der Waals surface area contributed by atoms with Crippen LogP contribution in [0.2, 0.25) is 0 Å². The highest BCUT2D eigenvalue weighted by molar-refractivity contribution is 5.90. The summed E-state index contributed by atoms with van der Waals surface area (Å²) < 4.78 is 6.39. The maximum Gasteiger partial charge on any atom is 0.268 e. The Kier molecular flexibility index (Phi) is 3.30. The molecule has 1 saturated heterocycles. The van der Waals surface area contributed by atoms with Crippen LogP contribution in [0, 0.1) is 12.3 Å². The molecular formula is C11H13N3O5. The van der Waals surface area contributed by atoms with E-state index in [1.54, 1.807) is 0 Å². The molecule has 0 unspecified atom stereocenters. The van der Waals surface area contributed by atoms with Crippen LogP contribution >= 0.6 is 0 Å². The number of aliphatic hydroxyl groups is 3. The van der Waals surface area contributed by atoms with Gasteiger partial charge in [-0.05, 0) is 5.92 Å². The number of aromatic nitrogens is 2. The number of primary amides is 1. The van der Waals surface area contributed by atoms with Crippen molar-refractivity contribution in [3.8, 4) is 12.3 Å². The van der Waals surface area contributed by atoms with Crippen molar-refractivity contribution >= 4 is 5.91 Å². The van der Waals surface area contributed by atoms with Gasteiger partial charge in [-0.1, -0.05) is 0 Å². The van der Waals surface area contributed by atoms with Crippen LogP contribution in [0.1, 0.15) is 16.3 Å². The number of hydrogen-bond acceptors (Lipinski definition) is 6. The molecule has 0 aliphatic carbocycles. The van der Waals surface area contributed by atoms with Crippen molar-refractivity contribution in [1.29, 1.82) is 0 Å². The molecule has 2 rings (SSSR count). The van der Waals surface area contributed by atoms with Crippen LogP contribution in [0.3, 0.4) is 0 Å². The highest BCUT2D eigenvalue weighted by Crippen LogP contribution is 2.32. The third-order valence-corrected chi connectivity index (χ3v) is 3.05. The molecule has 3 atom stereocenters. The minimum Gasteiger partial charge on any atom is -0.391 e. The van der Waals surface area contributed by atoms with E-state index in [2.05, 4.69) is 10.9 Å². The van der Waals surface area contributed by atoms with Crippen molar-refractivity contribution in [3.05, 3.63) is 17.7 Å². The van der Waals surface area contributed by atoms with Crippen LogP contribution in [-0.2, 0) is 10.5 Å². The predicted molar refractivity (Wildman–Crippen MR) is 61.7 cm³/mol. The Labute approximate surface area is 108 Å². The average molecular weight is 267 g/mol. The fourth-order valence-electron chi connectivity index (χ4n) is 2.02. The summed E-state index contributed by atoms with van der Waals surface area (Å²) in [6.45, 7) is -0.843. The van der Waals surface area contributed by atoms with Gasteiger partial charge in [0.05, 0.1) is 13.2 Å². The number of nitrogens with zero attached hydrogens (tertiary/aromatic N) is 2. The molecular weight excluding hydrogens is 254 g/mol. The lowest BCUT2D eigenvalue weighted by molar-refractivity contribution is -0.152. The molecule has 1 aromatic heterocycles. The summed E-state index contributed by atoms with van der Waals surface area (Å²) in [6, 6.07) is 0. The molecule has 0 radical (unpaired) electrons. The summed E-state index contributed by atoms with van der Waals surface area (Å²) in [5, 5.41) is 29.0. The molecule has 8 nitrogen and oxygen atoms in total. The summed E-state index contributed by atoms with van der Waals surface area (Å²) in [6.07, 6.45) is 3.83. The van der Waals surface area contributed by atoms with E-state index >= 15 is 0 Å². The number of terminal acetylenes is 1. The maximum absolute atomic E-state index is 11.1. The smallest absolute Gasteiger partial charge is 0.268 e. The highest BCUT2D eigenvalue weighted by atomic mass is 16.6. The second-order valence-electron chi connectivity index (χ2n) is 4.15. The minimum atomic E-state index is -1.68. The topological polar surface area (TPSA) is 131 Å². The summed E-state index contributed by atoms with van der Waals surface area (Å²) in [5.41, 5.74) is 3.29. The van der Waals surface area contributed by atoms with Crippen LogP contribution in [0.5, 0.6) is 0 Å². The van der Waals surface area contributed by atoms with Gasteiger partial charge in [-0.15, -0.1) is 6.42 Å². The SMILES string of the molecule is C#Cc1nc(C(N)=O)cn1[C@@]1(CO)OC[C@H](O)[C@@H]1O. The first-order valence-corrected chi connectivity index (χ1v) is 5.43. The summed E-state index contributed by atoms with van der Waals surface area (Å²) >= 11 is 0. The van der Waals surface area contributed by atoms with Gasteiger partial charge in [-0.2, -0.15) is 0 Å². The van der Waals surface area contributed by atoms with Gasteiger partial charge < -0.3 is 25.8 Å². The third-order valence-electron chi connectivity index (χ3n) is 3.05. The molecule has 2 heterocycles. The van der Waals surface area contributed by atoms with E-state index in [9.17, 15) is 20.1 Å². The zero-order chi connectivity index (χ0) is 14.2. The lowest BCUT2D eigenvalue weighted by Crippen LogP contribution is -2.49. The van der Waals surface area contributed by atoms with E-state index in [1.165, 1.54) is 6.20 Å². The number of ether oxygens (including phenoxy) is 1. The first-order valence-electron chi connectivity index (χ1n) is 5.43. The zero-order valence-corrected chi connectivity index (χ0v) is 9.85. The molecule has 0 spiro atoms. The Bertz CT molecular complexity index is 549. The standard InChI is InChI=1S/C11H13N3O5/c1-2-8-13-6(10(12)18)3-14(8)11(5-15)9(17)7(16)4-19-11/h1,3,7,9,15-17H,4-5H2,(H2,12,18)/t7-,9-,11-/m0/s1. The summed E-state index contributed by atoms with van der Waals surface area (Å²) in [7, 11) is 0. The van der Waals surface area contributed by atoms with E-state index in [1.807, 2.05) is 0 Å². The number of amides is 1. The number of carbonyl (C=O) groups is 1. The van der Waals surface area contributed by atoms with E-state index in [0.717, 1.165) is 4.57 Å². The second kappa shape index (κ2) is 4.64. The number of carbonyl (C=O) groups excluding carboxylic acids is 1. The molecule has 102 valence electrons. The number of rotatable bonds is 3. The minimum absolute atomic E-state index is 0.0454. The largest absolute Gasteiger partial charge is 0.391 e. The van der Waals surface area contributed by atoms with Crippen molar-refractivity contribution in [3.63, 3.8) is 0 Å². The van der Waals surface area contributed by atoms with Crippen LogP contribution in [-0.4, -0.2) is 56.2 Å². The monoisotopic (exact) mass is 267 g/mol. The second-order valence-corrected chi connectivity index (χ2v) is 4.15. The van der Waals surface area contributed by atoms with Gasteiger partial charge in [-0.25, -0.2) is 4.98 Å². The highest BCUT2D eigenvalue weighted by Gasteiger charge is 2.51. The molecule has 8 heteroatoms. The molecule has 1 amide bonds. The van der Waals surface area contributed by atoms with Gasteiger partial charge >= 0.3 is 0 Å². The molecule has 1 fully saturated rings. The molecule has 5 N–H and O–H groups in total. The number of imidazole rings is 1. The molecule has 1 aromatic rings. The van der Waals surface area contributed by atoms with Gasteiger partial charge in [0, 0.05) is 6.20 Å². The Morgan fingerprint density at radius 1 is 1.74 bits per heavy atom. The van der Waals surface area contributed by atoms with Crippen molar-refractivity contribution in [2.45, 2.75) is 17.9 Å². The first-order chi connectivity index (χ1) is 8.96. The van der Waals surface area contributed by atoms with Crippen molar-refractivity contribution in [1.82, 2.24) is 9.55 Å². The Morgan fingerprint density at radius 3 is 2.84 bits per heavy atom.